The molecule has 4 nitrogen and oxygen atoms in total. The van der Waals surface area contributed by atoms with Gasteiger partial charge in [0, 0.05) is 33.4 Å². The topological polar surface area (TPSA) is 30.9 Å². The fourth-order valence-electron chi connectivity index (χ4n) is 2.05. The number of rotatable bonds is 9. The van der Waals surface area contributed by atoms with Crippen LogP contribution in [0.5, 0.6) is 5.75 Å². The van der Waals surface area contributed by atoms with Gasteiger partial charge in [0.15, 0.2) is 0 Å². The number of ether oxygens (including phenoxy) is 3. The third kappa shape index (κ3) is 5.40. The third-order valence-corrected chi connectivity index (χ3v) is 3.84. The summed E-state index contributed by atoms with van der Waals surface area (Å²) in [4.78, 5) is 2.35. The van der Waals surface area contributed by atoms with Gasteiger partial charge in [0.2, 0.25) is 0 Å². The molecular formula is C15H24BrNO3. The van der Waals surface area contributed by atoms with Crippen molar-refractivity contribution in [2.75, 3.05) is 41.1 Å². The van der Waals surface area contributed by atoms with Crippen molar-refractivity contribution in [1.82, 2.24) is 4.90 Å². The first-order valence-electron chi connectivity index (χ1n) is 6.66. The van der Waals surface area contributed by atoms with Crippen LogP contribution in [0.3, 0.4) is 0 Å². The highest BCUT2D eigenvalue weighted by Gasteiger charge is 2.14. The van der Waals surface area contributed by atoms with E-state index >= 15 is 0 Å². The van der Waals surface area contributed by atoms with E-state index < -0.39 is 0 Å². The lowest BCUT2D eigenvalue weighted by Gasteiger charge is -2.28. The fourth-order valence-corrected chi connectivity index (χ4v) is 2.64. The van der Waals surface area contributed by atoms with E-state index in [4.69, 9.17) is 14.2 Å². The van der Waals surface area contributed by atoms with Gasteiger partial charge in [-0.25, -0.2) is 0 Å². The van der Waals surface area contributed by atoms with Crippen LogP contribution in [0.2, 0.25) is 0 Å². The van der Waals surface area contributed by atoms with Crippen LogP contribution in [0.4, 0.5) is 0 Å². The van der Waals surface area contributed by atoms with Crippen molar-refractivity contribution in [2.45, 2.75) is 19.5 Å². The van der Waals surface area contributed by atoms with Crippen molar-refractivity contribution in [2.24, 2.45) is 0 Å². The number of halogens is 1. The van der Waals surface area contributed by atoms with Crippen molar-refractivity contribution in [3.05, 3.63) is 28.2 Å². The van der Waals surface area contributed by atoms with Gasteiger partial charge < -0.3 is 14.2 Å². The van der Waals surface area contributed by atoms with E-state index in [0.29, 0.717) is 19.3 Å². The predicted molar refractivity (Wildman–Crippen MR) is 84.3 cm³/mol. The Labute approximate surface area is 130 Å². The first kappa shape index (κ1) is 17.4. The largest absolute Gasteiger partial charge is 0.496 e. The summed E-state index contributed by atoms with van der Waals surface area (Å²) in [5.41, 5.74) is 1.23. The lowest BCUT2D eigenvalue weighted by atomic mass is 10.1. The molecule has 0 amide bonds. The zero-order valence-electron chi connectivity index (χ0n) is 12.7. The molecule has 1 unspecified atom stereocenters. The van der Waals surface area contributed by atoms with Crippen LogP contribution in [0.15, 0.2) is 22.7 Å². The Kier molecular flexibility index (Phi) is 8.14. The SMILES string of the molecule is COCCN(Cc1ccc(OC)c(Br)c1)C(C)COC. The van der Waals surface area contributed by atoms with Gasteiger partial charge in [-0.05, 0) is 40.5 Å². The molecule has 1 aromatic carbocycles. The van der Waals surface area contributed by atoms with E-state index in [1.54, 1.807) is 21.3 Å². The molecule has 1 aromatic rings. The summed E-state index contributed by atoms with van der Waals surface area (Å²) < 4.78 is 16.7. The van der Waals surface area contributed by atoms with E-state index in [0.717, 1.165) is 23.3 Å². The molecule has 1 atom stereocenters. The molecule has 0 aliphatic carbocycles. The Bertz CT molecular complexity index is 401. The molecular weight excluding hydrogens is 322 g/mol. The molecule has 0 aromatic heterocycles. The van der Waals surface area contributed by atoms with Crippen molar-refractivity contribution in [3.63, 3.8) is 0 Å². The van der Waals surface area contributed by atoms with Crippen LogP contribution >= 0.6 is 15.9 Å². The second kappa shape index (κ2) is 9.34. The highest BCUT2D eigenvalue weighted by Crippen LogP contribution is 2.26. The summed E-state index contributed by atoms with van der Waals surface area (Å²) >= 11 is 3.52. The maximum Gasteiger partial charge on any atom is 0.133 e. The highest BCUT2D eigenvalue weighted by atomic mass is 79.9. The van der Waals surface area contributed by atoms with Crippen LogP contribution in [0, 0.1) is 0 Å². The van der Waals surface area contributed by atoms with Gasteiger partial charge in [0.25, 0.3) is 0 Å². The number of benzene rings is 1. The van der Waals surface area contributed by atoms with E-state index in [9.17, 15) is 0 Å². The van der Waals surface area contributed by atoms with Crippen molar-refractivity contribution >= 4 is 15.9 Å². The van der Waals surface area contributed by atoms with Crippen LogP contribution in [-0.2, 0) is 16.0 Å². The average molecular weight is 346 g/mol. The average Bonchev–Trinajstić information content (AvgIpc) is 2.43. The zero-order chi connectivity index (χ0) is 15.0. The van der Waals surface area contributed by atoms with E-state index in [1.165, 1.54) is 5.56 Å². The van der Waals surface area contributed by atoms with Gasteiger partial charge in [-0.2, -0.15) is 0 Å². The molecule has 114 valence electrons. The van der Waals surface area contributed by atoms with Crippen LogP contribution in [0.25, 0.3) is 0 Å². The fraction of sp³-hybridized carbons (Fsp3) is 0.600. The maximum atomic E-state index is 5.26. The minimum absolute atomic E-state index is 0.344. The first-order valence-corrected chi connectivity index (χ1v) is 7.46. The number of nitrogens with zero attached hydrogens (tertiary/aromatic N) is 1. The summed E-state index contributed by atoms with van der Waals surface area (Å²) in [6.45, 7) is 5.32. The first-order chi connectivity index (χ1) is 9.62. The number of hydrogen-bond donors (Lipinski definition) is 0. The van der Waals surface area contributed by atoms with Crippen LogP contribution in [-0.4, -0.2) is 52.0 Å². The quantitative estimate of drug-likeness (QED) is 0.688. The van der Waals surface area contributed by atoms with E-state index in [1.807, 2.05) is 6.07 Å². The molecule has 0 saturated carbocycles. The molecule has 0 radical (unpaired) electrons. The van der Waals surface area contributed by atoms with E-state index in [-0.39, 0.29) is 0 Å². The van der Waals surface area contributed by atoms with Crippen molar-refractivity contribution < 1.29 is 14.2 Å². The van der Waals surface area contributed by atoms with Gasteiger partial charge >= 0.3 is 0 Å². The van der Waals surface area contributed by atoms with Crippen molar-refractivity contribution in [1.29, 1.82) is 0 Å². The number of methoxy groups -OCH3 is 3. The normalized spacial score (nSPS) is 12.7. The monoisotopic (exact) mass is 345 g/mol. The Morgan fingerprint density at radius 3 is 2.50 bits per heavy atom. The van der Waals surface area contributed by atoms with E-state index in [2.05, 4.69) is 39.9 Å². The highest BCUT2D eigenvalue weighted by molar-refractivity contribution is 9.10. The molecule has 20 heavy (non-hydrogen) atoms. The third-order valence-electron chi connectivity index (χ3n) is 3.22. The van der Waals surface area contributed by atoms with Gasteiger partial charge in [0.1, 0.15) is 5.75 Å². The molecule has 0 spiro atoms. The molecule has 0 bridgehead atoms. The summed E-state index contributed by atoms with van der Waals surface area (Å²) in [6.07, 6.45) is 0. The molecule has 5 heteroatoms. The van der Waals surface area contributed by atoms with Gasteiger partial charge in [-0.3, -0.25) is 4.90 Å². The molecule has 0 aliphatic rings. The van der Waals surface area contributed by atoms with Gasteiger partial charge in [-0.15, -0.1) is 0 Å². The predicted octanol–water partition coefficient (Wildman–Crippen LogP) is 2.94. The Hall–Kier alpha value is -0.620. The van der Waals surface area contributed by atoms with Gasteiger partial charge in [-0.1, -0.05) is 6.07 Å². The Balaban J connectivity index is 2.74. The maximum absolute atomic E-state index is 5.26. The number of hydrogen-bond acceptors (Lipinski definition) is 4. The Morgan fingerprint density at radius 1 is 1.20 bits per heavy atom. The second-order valence-electron chi connectivity index (χ2n) is 4.74. The summed E-state index contributed by atoms with van der Waals surface area (Å²) in [6, 6.07) is 6.51. The van der Waals surface area contributed by atoms with Gasteiger partial charge in [0.05, 0.1) is 24.8 Å². The lowest BCUT2D eigenvalue weighted by Crippen LogP contribution is -2.38. The molecule has 1 rings (SSSR count). The van der Waals surface area contributed by atoms with Crippen LogP contribution < -0.4 is 4.74 Å². The smallest absolute Gasteiger partial charge is 0.133 e. The molecule has 0 aliphatic heterocycles. The summed E-state index contributed by atoms with van der Waals surface area (Å²) in [5, 5.41) is 0. The molecule has 0 N–H and O–H groups in total. The minimum Gasteiger partial charge on any atom is -0.496 e. The molecule has 0 heterocycles. The van der Waals surface area contributed by atoms with Crippen molar-refractivity contribution in [3.8, 4) is 5.75 Å². The minimum atomic E-state index is 0.344. The zero-order valence-corrected chi connectivity index (χ0v) is 14.3. The second-order valence-corrected chi connectivity index (χ2v) is 5.59. The Morgan fingerprint density at radius 2 is 1.95 bits per heavy atom. The molecule has 0 fully saturated rings. The summed E-state index contributed by atoms with van der Waals surface area (Å²) in [5.74, 6) is 0.849. The van der Waals surface area contributed by atoms with Crippen LogP contribution in [0.1, 0.15) is 12.5 Å². The summed E-state index contributed by atoms with van der Waals surface area (Å²) in [7, 11) is 5.13. The standard InChI is InChI=1S/C15H24BrNO3/c1-12(11-19-3)17(7-8-18-2)10-13-5-6-15(20-4)14(16)9-13/h5-6,9,12H,7-8,10-11H2,1-4H3. The lowest BCUT2D eigenvalue weighted by molar-refractivity contribution is 0.0705. The molecule has 0 saturated heterocycles.